The summed E-state index contributed by atoms with van der Waals surface area (Å²) in [4.78, 5) is 72.6. The Morgan fingerprint density at radius 1 is 0.264 bits per heavy atom. The molecule has 0 amide bonds. The van der Waals surface area contributed by atoms with E-state index in [1.54, 1.807) is 0 Å². The van der Waals surface area contributed by atoms with Gasteiger partial charge in [-0.3, -0.25) is 37.3 Å². The third-order valence-electron chi connectivity index (χ3n) is 16.9. The van der Waals surface area contributed by atoms with E-state index in [1.807, 2.05) is 0 Å². The fourth-order valence-corrected chi connectivity index (χ4v) is 12.6. The highest BCUT2D eigenvalue weighted by Gasteiger charge is 2.30. The van der Waals surface area contributed by atoms with Gasteiger partial charge in [0, 0.05) is 25.7 Å². The monoisotopic (exact) mass is 1340 g/mol. The Hall–Kier alpha value is -1.94. The quantitative estimate of drug-likeness (QED) is 0.0222. The highest BCUT2D eigenvalue weighted by molar-refractivity contribution is 7.47. The summed E-state index contributed by atoms with van der Waals surface area (Å²) in [5, 5.41) is 10.6. The van der Waals surface area contributed by atoms with E-state index in [4.69, 9.17) is 37.0 Å². The molecule has 0 spiro atoms. The molecule has 91 heavy (non-hydrogen) atoms. The smallest absolute Gasteiger partial charge is 0.462 e. The van der Waals surface area contributed by atoms with Gasteiger partial charge in [0.25, 0.3) is 0 Å². The molecule has 0 aromatic carbocycles. The topological polar surface area (TPSA) is 237 Å². The van der Waals surface area contributed by atoms with Crippen LogP contribution < -0.4 is 0 Å². The van der Waals surface area contributed by atoms with Crippen LogP contribution >= 0.6 is 15.6 Å². The number of aliphatic hydroxyl groups excluding tert-OH is 1. The van der Waals surface area contributed by atoms with Gasteiger partial charge in [-0.05, 0) is 25.7 Å². The highest BCUT2D eigenvalue weighted by atomic mass is 31.2. The molecule has 0 heterocycles. The maximum atomic E-state index is 13.0. The minimum absolute atomic E-state index is 0.108. The third kappa shape index (κ3) is 66.5. The average molecular weight is 1340 g/mol. The lowest BCUT2D eigenvalue weighted by Crippen LogP contribution is -2.30. The van der Waals surface area contributed by atoms with Gasteiger partial charge in [-0.25, -0.2) is 9.13 Å². The van der Waals surface area contributed by atoms with Crippen LogP contribution in [-0.2, 0) is 65.4 Å². The van der Waals surface area contributed by atoms with E-state index in [0.29, 0.717) is 25.7 Å². The summed E-state index contributed by atoms with van der Waals surface area (Å²) in [5.41, 5.74) is 0. The lowest BCUT2D eigenvalue weighted by atomic mass is 10.0. The predicted octanol–water partition coefficient (Wildman–Crippen LogP) is 21.1. The Kier molecular flexibility index (Phi) is 65.2. The van der Waals surface area contributed by atoms with Crippen LogP contribution in [0.1, 0.15) is 381 Å². The van der Waals surface area contributed by atoms with Crippen molar-refractivity contribution >= 4 is 39.5 Å². The lowest BCUT2D eigenvalue weighted by molar-refractivity contribution is -0.161. The summed E-state index contributed by atoms with van der Waals surface area (Å²) in [6.07, 6.45) is 55.4. The van der Waals surface area contributed by atoms with Gasteiger partial charge in [0.1, 0.15) is 19.3 Å². The first-order chi connectivity index (χ1) is 44.2. The van der Waals surface area contributed by atoms with Gasteiger partial charge in [-0.15, -0.1) is 0 Å². The number of carbonyl (C=O) groups excluding carboxylic acids is 4. The van der Waals surface area contributed by atoms with Crippen molar-refractivity contribution in [3.05, 3.63) is 0 Å². The molecule has 0 fully saturated rings. The van der Waals surface area contributed by atoms with Gasteiger partial charge in [0.15, 0.2) is 12.2 Å². The van der Waals surface area contributed by atoms with Gasteiger partial charge < -0.3 is 33.8 Å². The standard InChI is InChI=1S/C72H140O17P2/c1-5-9-13-17-21-25-28-31-33-34-35-37-40-43-47-51-55-59-72(77)89-68(63-83-70(75)57-53-49-45-41-39-36-32-29-26-22-18-14-10-6-2)65-87-91(80,81)85-61-66(73)60-84-90(78,79)86-64-67(62-82-69(74)56-52-48-44-24-20-16-12-8-4)88-71(76)58-54-50-46-42-38-30-27-23-19-15-11-7-3/h66-68,73H,5-65H2,1-4H3,(H,78,79)(H,80,81)/t66-,67+,68+/m0/s1. The first kappa shape index (κ1) is 89.1. The Balaban J connectivity index is 5.21. The molecule has 19 heteroatoms. The van der Waals surface area contributed by atoms with E-state index in [1.165, 1.54) is 205 Å². The molecule has 0 rings (SSSR count). The number of carbonyl (C=O) groups is 4. The summed E-state index contributed by atoms with van der Waals surface area (Å²) in [7, 11) is -9.90. The molecule has 0 aliphatic rings. The van der Waals surface area contributed by atoms with Gasteiger partial charge in [0.05, 0.1) is 26.4 Å². The molecule has 5 atom stereocenters. The number of aliphatic hydroxyl groups is 1. The van der Waals surface area contributed by atoms with Crippen molar-refractivity contribution < 1.29 is 80.2 Å². The molecular weight excluding hydrogens is 1200 g/mol. The highest BCUT2D eigenvalue weighted by Crippen LogP contribution is 2.45. The summed E-state index contributed by atoms with van der Waals surface area (Å²) < 4.78 is 68.3. The summed E-state index contributed by atoms with van der Waals surface area (Å²) in [6, 6.07) is 0. The maximum absolute atomic E-state index is 13.0. The Morgan fingerprint density at radius 3 is 0.648 bits per heavy atom. The third-order valence-corrected chi connectivity index (χ3v) is 18.8. The zero-order valence-electron chi connectivity index (χ0n) is 58.8. The van der Waals surface area contributed by atoms with Crippen LogP contribution in [0.15, 0.2) is 0 Å². The molecule has 0 saturated carbocycles. The number of phosphoric acid groups is 2. The molecule has 0 aliphatic heterocycles. The largest absolute Gasteiger partial charge is 0.472 e. The number of rotatable bonds is 73. The lowest BCUT2D eigenvalue weighted by Gasteiger charge is -2.21. The van der Waals surface area contributed by atoms with Crippen LogP contribution in [0.2, 0.25) is 0 Å². The molecule has 0 aliphatic carbocycles. The van der Waals surface area contributed by atoms with Gasteiger partial charge in [-0.2, -0.15) is 0 Å². The molecule has 17 nitrogen and oxygen atoms in total. The van der Waals surface area contributed by atoms with E-state index < -0.39 is 97.5 Å². The normalized spacial score (nSPS) is 14.0. The Labute approximate surface area is 556 Å². The summed E-state index contributed by atoms with van der Waals surface area (Å²) in [6.45, 7) is 4.94. The Bertz CT molecular complexity index is 1740. The van der Waals surface area contributed by atoms with Crippen molar-refractivity contribution in [3.63, 3.8) is 0 Å². The van der Waals surface area contributed by atoms with Crippen molar-refractivity contribution in [1.29, 1.82) is 0 Å². The Morgan fingerprint density at radius 2 is 0.440 bits per heavy atom. The maximum Gasteiger partial charge on any atom is 0.472 e. The second-order valence-electron chi connectivity index (χ2n) is 26.0. The minimum Gasteiger partial charge on any atom is -0.462 e. The van der Waals surface area contributed by atoms with Gasteiger partial charge >= 0.3 is 39.5 Å². The van der Waals surface area contributed by atoms with Crippen molar-refractivity contribution in [2.45, 2.75) is 399 Å². The zero-order valence-corrected chi connectivity index (χ0v) is 60.6. The van der Waals surface area contributed by atoms with Gasteiger partial charge in [0.2, 0.25) is 0 Å². The van der Waals surface area contributed by atoms with Crippen LogP contribution in [0.4, 0.5) is 0 Å². The van der Waals surface area contributed by atoms with Gasteiger partial charge in [-0.1, -0.05) is 329 Å². The SMILES string of the molecule is CCCCCCCCCCCCCCCCCCCC(=O)O[C@H](COC(=O)CCCCCCCCCCCCCCCC)COP(=O)(O)OC[C@@H](O)COP(=O)(O)OC[C@@H](COC(=O)CCCCCCCCCC)OC(=O)CCCCCCCCCCCCCC. The summed E-state index contributed by atoms with van der Waals surface area (Å²) >= 11 is 0. The number of unbranched alkanes of at least 4 members (excludes halogenated alkanes) is 47. The molecule has 2 unspecified atom stereocenters. The summed E-state index contributed by atoms with van der Waals surface area (Å²) in [5.74, 6) is -2.12. The zero-order chi connectivity index (χ0) is 66.8. The van der Waals surface area contributed by atoms with E-state index >= 15 is 0 Å². The molecule has 0 aromatic heterocycles. The van der Waals surface area contributed by atoms with E-state index in [0.717, 1.165) is 96.3 Å². The van der Waals surface area contributed by atoms with Crippen molar-refractivity contribution in [1.82, 2.24) is 0 Å². The van der Waals surface area contributed by atoms with Crippen molar-refractivity contribution in [3.8, 4) is 0 Å². The fraction of sp³-hybridized carbons (Fsp3) is 0.944. The second kappa shape index (κ2) is 66.7. The number of ether oxygens (including phenoxy) is 4. The first-order valence-corrected chi connectivity index (χ1v) is 40.8. The van der Waals surface area contributed by atoms with E-state index in [-0.39, 0.29) is 25.7 Å². The molecule has 3 N–H and O–H groups in total. The minimum atomic E-state index is -4.95. The number of esters is 4. The molecule has 540 valence electrons. The van der Waals surface area contributed by atoms with Crippen molar-refractivity contribution in [2.24, 2.45) is 0 Å². The molecule has 0 radical (unpaired) electrons. The predicted molar refractivity (Wildman–Crippen MR) is 368 cm³/mol. The average Bonchev–Trinajstić information content (AvgIpc) is 3.01. The molecule has 0 saturated heterocycles. The second-order valence-corrected chi connectivity index (χ2v) is 28.9. The van der Waals surface area contributed by atoms with E-state index in [9.17, 15) is 43.2 Å². The van der Waals surface area contributed by atoms with E-state index in [2.05, 4.69) is 27.7 Å². The molecular formula is C72H140O17P2. The number of hydrogen-bond donors (Lipinski definition) is 3. The van der Waals surface area contributed by atoms with Crippen molar-refractivity contribution in [2.75, 3.05) is 39.6 Å². The molecule has 0 bridgehead atoms. The van der Waals surface area contributed by atoms with Crippen LogP contribution in [-0.4, -0.2) is 96.7 Å². The van der Waals surface area contributed by atoms with Crippen LogP contribution in [0.3, 0.4) is 0 Å². The van der Waals surface area contributed by atoms with Crippen LogP contribution in [0.5, 0.6) is 0 Å². The first-order valence-electron chi connectivity index (χ1n) is 37.8. The molecule has 0 aromatic rings. The number of phosphoric ester groups is 2. The number of hydrogen-bond acceptors (Lipinski definition) is 15. The fourth-order valence-electron chi connectivity index (χ4n) is 11.0. The van der Waals surface area contributed by atoms with Crippen LogP contribution in [0.25, 0.3) is 0 Å². The van der Waals surface area contributed by atoms with Crippen LogP contribution in [0, 0.1) is 0 Å².